The first-order chi connectivity index (χ1) is 9.77. The molecule has 0 aliphatic heterocycles. The molecule has 21 heavy (non-hydrogen) atoms. The number of carbonyl (C=O) groups is 2. The van der Waals surface area contributed by atoms with Crippen LogP contribution in [-0.4, -0.2) is 32.6 Å². The van der Waals surface area contributed by atoms with Crippen molar-refractivity contribution in [1.29, 1.82) is 0 Å². The molecule has 115 valence electrons. The second-order valence-electron chi connectivity index (χ2n) is 4.89. The molecule has 4 nitrogen and oxygen atoms in total. The highest BCUT2D eigenvalue weighted by Crippen LogP contribution is 2.20. The van der Waals surface area contributed by atoms with E-state index in [1.807, 2.05) is 0 Å². The summed E-state index contributed by atoms with van der Waals surface area (Å²) in [5, 5.41) is 5.57. The molecule has 1 aromatic carbocycles. The van der Waals surface area contributed by atoms with Crippen LogP contribution >= 0.6 is 23.2 Å². The molecule has 0 aliphatic rings. The number of halogens is 2. The highest BCUT2D eigenvalue weighted by atomic mass is 35.5. The second-order valence-corrected chi connectivity index (χ2v) is 5.73. The van der Waals surface area contributed by atoms with Crippen LogP contribution in [0.25, 0.3) is 0 Å². The van der Waals surface area contributed by atoms with Crippen molar-refractivity contribution >= 4 is 42.9 Å². The van der Waals surface area contributed by atoms with Crippen LogP contribution in [0.15, 0.2) is 18.2 Å². The summed E-state index contributed by atoms with van der Waals surface area (Å²) in [5.41, 5.74) is 0.238. The minimum absolute atomic E-state index is 0.128. The highest BCUT2D eigenvalue weighted by molar-refractivity contribution is 6.35. The first-order valence-corrected chi connectivity index (χ1v) is 7.32. The van der Waals surface area contributed by atoms with Gasteiger partial charge in [0.05, 0.1) is 17.1 Å². The summed E-state index contributed by atoms with van der Waals surface area (Å²) in [4.78, 5) is 22.8. The third kappa shape index (κ3) is 9.37. The van der Waals surface area contributed by atoms with E-state index in [1.54, 1.807) is 6.07 Å². The number of rotatable bonds is 4. The largest absolute Gasteiger partial charge is 0.363 e. The molecule has 2 N–H and O–H groups in total. The van der Waals surface area contributed by atoms with Crippen LogP contribution in [0, 0.1) is 5.92 Å². The SMILES string of the molecule is CC(C)C.[BH]CNC(=O)CNC(=O)c1cc(Cl)ccc1Cl. The van der Waals surface area contributed by atoms with E-state index >= 15 is 0 Å². The van der Waals surface area contributed by atoms with Crippen LogP contribution in [0.4, 0.5) is 0 Å². The van der Waals surface area contributed by atoms with Gasteiger partial charge in [0.15, 0.2) is 0 Å². The standard InChI is InChI=1S/C10H10BCl2N2O2.C4H10/c11-5-15-9(16)4-14-10(17)7-3-6(12)1-2-8(7)13;1-4(2)3/h1-3,11H,4-5H2,(H,14,17)(H,15,16);4H,1-3H3. The number of hydrogen-bond donors (Lipinski definition) is 2. The summed E-state index contributed by atoms with van der Waals surface area (Å²) >= 11 is 11.6. The monoisotopic (exact) mass is 329 g/mol. The summed E-state index contributed by atoms with van der Waals surface area (Å²) in [7, 11) is 3.45. The first-order valence-electron chi connectivity index (χ1n) is 6.57. The molecule has 0 fully saturated rings. The lowest BCUT2D eigenvalue weighted by atomic mass is 10.2. The third-order valence-corrected chi connectivity index (χ3v) is 2.47. The van der Waals surface area contributed by atoms with Gasteiger partial charge < -0.3 is 10.6 Å². The Kier molecular flexibility index (Phi) is 9.92. The lowest BCUT2D eigenvalue weighted by Crippen LogP contribution is -2.37. The Labute approximate surface area is 137 Å². The molecule has 1 rings (SSSR count). The third-order valence-electron chi connectivity index (χ3n) is 1.90. The van der Waals surface area contributed by atoms with Gasteiger partial charge in [-0.25, -0.2) is 0 Å². The van der Waals surface area contributed by atoms with Gasteiger partial charge in [-0.05, 0) is 30.6 Å². The van der Waals surface area contributed by atoms with Crippen LogP contribution in [0.1, 0.15) is 31.1 Å². The molecule has 1 radical (unpaired) electrons. The van der Waals surface area contributed by atoms with Crippen molar-refractivity contribution < 1.29 is 9.59 Å². The Morgan fingerprint density at radius 2 is 1.76 bits per heavy atom. The van der Waals surface area contributed by atoms with Crippen molar-refractivity contribution in [2.75, 3.05) is 13.0 Å². The fourth-order valence-corrected chi connectivity index (χ4v) is 1.50. The van der Waals surface area contributed by atoms with E-state index in [1.165, 1.54) is 12.1 Å². The van der Waals surface area contributed by atoms with E-state index < -0.39 is 5.91 Å². The molecule has 0 aliphatic carbocycles. The van der Waals surface area contributed by atoms with E-state index in [-0.39, 0.29) is 29.5 Å². The smallest absolute Gasteiger partial charge is 0.253 e. The maximum atomic E-state index is 11.7. The predicted molar refractivity (Wildman–Crippen MR) is 89.5 cm³/mol. The van der Waals surface area contributed by atoms with Gasteiger partial charge in [-0.1, -0.05) is 44.0 Å². The summed E-state index contributed by atoms with van der Waals surface area (Å²) in [6, 6.07) is 4.55. The fraction of sp³-hybridized carbons (Fsp3) is 0.429. The number of hydrogen-bond acceptors (Lipinski definition) is 2. The van der Waals surface area contributed by atoms with Crippen LogP contribution in [0.2, 0.25) is 10.0 Å². The number of carbonyl (C=O) groups excluding carboxylic acids is 2. The summed E-state index contributed by atoms with van der Waals surface area (Å²) < 4.78 is 0. The maximum absolute atomic E-state index is 11.7. The summed E-state index contributed by atoms with van der Waals surface area (Å²) in [5.74, 6) is 0.0724. The van der Waals surface area contributed by atoms with Gasteiger partial charge >= 0.3 is 0 Å². The Bertz CT molecular complexity index is 479. The van der Waals surface area contributed by atoms with Crippen molar-refractivity contribution in [2.45, 2.75) is 20.8 Å². The molecule has 7 heteroatoms. The Hall–Kier alpha value is -1.20. The van der Waals surface area contributed by atoms with E-state index in [4.69, 9.17) is 23.2 Å². The van der Waals surface area contributed by atoms with Gasteiger partial charge in [0, 0.05) is 5.02 Å². The molecule has 2 amide bonds. The summed E-state index contributed by atoms with van der Waals surface area (Å²) in [6.45, 7) is 6.37. The average molecular weight is 330 g/mol. The zero-order chi connectivity index (χ0) is 16.4. The van der Waals surface area contributed by atoms with Crippen molar-refractivity contribution in [3.05, 3.63) is 33.8 Å². The minimum Gasteiger partial charge on any atom is -0.363 e. The van der Waals surface area contributed by atoms with Crippen LogP contribution < -0.4 is 10.6 Å². The van der Waals surface area contributed by atoms with Gasteiger partial charge in [0.1, 0.15) is 7.85 Å². The first kappa shape index (κ1) is 19.8. The van der Waals surface area contributed by atoms with Crippen LogP contribution in [0.5, 0.6) is 0 Å². The van der Waals surface area contributed by atoms with E-state index in [9.17, 15) is 9.59 Å². The molecule has 0 bridgehead atoms. The van der Waals surface area contributed by atoms with Gasteiger partial charge in [-0.15, -0.1) is 0 Å². The lowest BCUT2D eigenvalue weighted by Gasteiger charge is -2.07. The van der Waals surface area contributed by atoms with Gasteiger partial charge in [0.2, 0.25) is 5.91 Å². The van der Waals surface area contributed by atoms with E-state index in [0.717, 1.165) is 5.92 Å². The Balaban J connectivity index is 0.000000885. The zero-order valence-corrected chi connectivity index (χ0v) is 14.0. The van der Waals surface area contributed by atoms with Crippen molar-refractivity contribution in [3.8, 4) is 0 Å². The quantitative estimate of drug-likeness (QED) is 0.833. The molecular formula is C14H20BCl2N2O2. The normalized spacial score (nSPS) is 9.62. The molecule has 0 atom stereocenters. The van der Waals surface area contributed by atoms with E-state index in [0.29, 0.717) is 5.02 Å². The highest BCUT2D eigenvalue weighted by Gasteiger charge is 2.11. The minimum atomic E-state index is -0.447. The molecule has 1 aromatic rings. The van der Waals surface area contributed by atoms with Crippen molar-refractivity contribution in [3.63, 3.8) is 0 Å². The zero-order valence-electron chi connectivity index (χ0n) is 12.5. The Morgan fingerprint density at radius 1 is 1.19 bits per heavy atom. The van der Waals surface area contributed by atoms with Crippen molar-refractivity contribution in [2.24, 2.45) is 5.92 Å². The molecule has 0 saturated carbocycles. The van der Waals surface area contributed by atoms with E-state index in [2.05, 4.69) is 39.3 Å². The molecule has 0 unspecified atom stereocenters. The number of nitrogens with one attached hydrogen (secondary N) is 2. The second kappa shape index (κ2) is 10.5. The average Bonchev–Trinajstić information content (AvgIpc) is 2.38. The molecule has 0 saturated heterocycles. The molecular weight excluding hydrogens is 310 g/mol. The van der Waals surface area contributed by atoms with Gasteiger partial charge in [-0.3, -0.25) is 9.59 Å². The maximum Gasteiger partial charge on any atom is 0.253 e. The molecule has 0 heterocycles. The fourth-order valence-electron chi connectivity index (χ4n) is 1.13. The topological polar surface area (TPSA) is 58.2 Å². The number of benzene rings is 1. The Morgan fingerprint density at radius 3 is 2.29 bits per heavy atom. The van der Waals surface area contributed by atoms with Gasteiger partial charge in [0.25, 0.3) is 5.91 Å². The van der Waals surface area contributed by atoms with Crippen molar-refractivity contribution in [1.82, 2.24) is 10.6 Å². The van der Waals surface area contributed by atoms with Crippen LogP contribution in [-0.2, 0) is 4.79 Å². The molecule has 0 spiro atoms. The molecule has 0 aromatic heterocycles. The summed E-state index contributed by atoms with van der Waals surface area (Å²) in [6.07, 6.45) is 0.270. The number of amides is 2. The predicted octanol–water partition coefficient (Wildman–Crippen LogP) is 2.36. The van der Waals surface area contributed by atoms with Gasteiger partial charge in [-0.2, -0.15) is 0 Å². The van der Waals surface area contributed by atoms with Crippen LogP contribution in [0.3, 0.4) is 0 Å². The lowest BCUT2D eigenvalue weighted by molar-refractivity contribution is -0.119.